The van der Waals surface area contributed by atoms with Gasteiger partial charge < -0.3 is 0 Å². The molecular weight excluding hydrogens is 322 g/mol. The monoisotopic (exact) mass is 343 g/mol. The van der Waals surface area contributed by atoms with Crippen LogP contribution in [-0.2, 0) is 17.4 Å². The summed E-state index contributed by atoms with van der Waals surface area (Å²) in [7, 11) is -1.09. The molecule has 0 saturated heterocycles. The summed E-state index contributed by atoms with van der Waals surface area (Å²) in [6, 6.07) is 10.3. The SMILES string of the molecule is C=CC(Br)[C@@H](Cc1ccccc1)NS(=O)C(C)(C)C. The second-order valence-electron chi connectivity index (χ2n) is 5.48. The van der Waals surface area contributed by atoms with Crippen molar-refractivity contribution >= 4 is 26.9 Å². The van der Waals surface area contributed by atoms with Gasteiger partial charge >= 0.3 is 0 Å². The smallest absolute Gasteiger partial charge is 0.0973 e. The summed E-state index contributed by atoms with van der Waals surface area (Å²) in [4.78, 5) is 0.0824. The molecule has 0 aliphatic heterocycles. The Bertz CT molecular complexity index is 428. The molecule has 19 heavy (non-hydrogen) atoms. The first kappa shape index (κ1) is 16.6. The first-order valence-electron chi connectivity index (χ1n) is 6.33. The summed E-state index contributed by atoms with van der Waals surface area (Å²) in [5, 5.41) is 0. The van der Waals surface area contributed by atoms with Gasteiger partial charge in [-0.05, 0) is 32.8 Å². The molecule has 0 aliphatic carbocycles. The Labute approximate surface area is 127 Å². The summed E-state index contributed by atoms with van der Waals surface area (Å²) in [5.74, 6) is 0. The Kier molecular flexibility index (Phi) is 6.43. The van der Waals surface area contributed by atoms with Gasteiger partial charge in [-0.3, -0.25) is 0 Å². The van der Waals surface area contributed by atoms with E-state index in [0.29, 0.717) is 0 Å². The third-order valence-corrected chi connectivity index (χ3v) is 5.36. The number of hydrogen-bond acceptors (Lipinski definition) is 1. The van der Waals surface area contributed by atoms with Crippen molar-refractivity contribution in [1.82, 2.24) is 4.72 Å². The van der Waals surface area contributed by atoms with Gasteiger partial charge in [0.2, 0.25) is 0 Å². The van der Waals surface area contributed by atoms with Crippen LogP contribution in [0.25, 0.3) is 0 Å². The lowest BCUT2D eigenvalue weighted by Crippen LogP contribution is -2.44. The van der Waals surface area contributed by atoms with Gasteiger partial charge in [0.15, 0.2) is 0 Å². The van der Waals surface area contributed by atoms with Gasteiger partial charge in [-0.1, -0.05) is 52.3 Å². The Morgan fingerprint density at radius 2 is 1.95 bits per heavy atom. The van der Waals surface area contributed by atoms with E-state index in [9.17, 15) is 4.21 Å². The van der Waals surface area contributed by atoms with Crippen molar-refractivity contribution in [2.45, 2.75) is 42.8 Å². The predicted molar refractivity (Wildman–Crippen MR) is 87.9 cm³/mol. The lowest BCUT2D eigenvalue weighted by Gasteiger charge is -2.26. The first-order chi connectivity index (χ1) is 8.84. The summed E-state index contributed by atoms with van der Waals surface area (Å²) in [5.41, 5.74) is 1.22. The van der Waals surface area contributed by atoms with E-state index in [4.69, 9.17) is 0 Å². The topological polar surface area (TPSA) is 29.1 Å². The van der Waals surface area contributed by atoms with Crippen LogP contribution < -0.4 is 4.72 Å². The highest BCUT2D eigenvalue weighted by Gasteiger charge is 2.25. The van der Waals surface area contributed by atoms with Crippen LogP contribution in [0.1, 0.15) is 26.3 Å². The molecule has 0 spiro atoms. The quantitative estimate of drug-likeness (QED) is 0.620. The number of benzene rings is 1. The van der Waals surface area contributed by atoms with E-state index in [1.807, 2.05) is 45.0 Å². The van der Waals surface area contributed by atoms with Crippen molar-refractivity contribution in [2.75, 3.05) is 0 Å². The fraction of sp³-hybridized carbons (Fsp3) is 0.467. The molecule has 3 atom stereocenters. The maximum atomic E-state index is 12.2. The molecule has 2 nitrogen and oxygen atoms in total. The van der Waals surface area contributed by atoms with E-state index in [-0.39, 0.29) is 15.6 Å². The van der Waals surface area contributed by atoms with E-state index in [1.54, 1.807) is 0 Å². The Morgan fingerprint density at radius 3 is 2.42 bits per heavy atom. The summed E-state index contributed by atoms with van der Waals surface area (Å²) in [6.07, 6.45) is 2.64. The van der Waals surface area contributed by atoms with Gasteiger partial charge in [0.05, 0.1) is 15.7 Å². The van der Waals surface area contributed by atoms with Gasteiger partial charge in [-0.25, -0.2) is 8.93 Å². The normalized spacial score (nSPS) is 16.6. The lowest BCUT2D eigenvalue weighted by atomic mass is 10.0. The van der Waals surface area contributed by atoms with Crippen LogP contribution in [-0.4, -0.2) is 19.8 Å². The Morgan fingerprint density at radius 1 is 1.37 bits per heavy atom. The van der Waals surface area contributed by atoms with Gasteiger partial charge in [-0.2, -0.15) is 0 Å². The molecule has 2 unspecified atom stereocenters. The predicted octanol–water partition coefficient (Wildman–Crippen LogP) is 3.60. The van der Waals surface area contributed by atoms with Gasteiger partial charge in [0.25, 0.3) is 0 Å². The van der Waals surface area contributed by atoms with Crippen molar-refractivity contribution in [3.8, 4) is 0 Å². The highest BCUT2D eigenvalue weighted by Crippen LogP contribution is 2.17. The van der Waals surface area contributed by atoms with E-state index < -0.39 is 11.0 Å². The molecule has 0 aromatic heterocycles. The van der Waals surface area contributed by atoms with Crippen LogP contribution in [0.15, 0.2) is 43.0 Å². The average molecular weight is 344 g/mol. The summed E-state index contributed by atoms with van der Waals surface area (Å²) in [6.45, 7) is 9.70. The lowest BCUT2D eigenvalue weighted by molar-refractivity contribution is 0.591. The molecule has 0 heterocycles. The third-order valence-electron chi connectivity index (χ3n) is 2.72. The maximum Gasteiger partial charge on any atom is 0.0973 e. The summed E-state index contributed by atoms with van der Waals surface area (Å²) >= 11 is 3.58. The molecule has 1 rings (SSSR count). The van der Waals surface area contributed by atoms with Crippen LogP contribution >= 0.6 is 15.9 Å². The minimum absolute atomic E-state index is 0.0555. The van der Waals surface area contributed by atoms with Crippen molar-refractivity contribution in [1.29, 1.82) is 0 Å². The van der Waals surface area contributed by atoms with Crippen molar-refractivity contribution < 1.29 is 4.21 Å². The Hall–Kier alpha value is -0.450. The molecule has 4 heteroatoms. The standard InChI is InChI=1S/C15H22BrNOS/c1-5-13(16)14(17-19(18)15(2,3)4)11-12-9-7-6-8-10-12/h5-10,13-14,17H,1,11H2,2-4H3/t13?,14-,19?/m1/s1. The Balaban J connectivity index is 2.79. The molecule has 0 aliphatic rings. The molecule has 0 bridgehead atoms. The van der Waals surface area contributed by atoms with E-state index in [0.717, 1.165) is 6.42 Å². The number of alkyl halides is 1. The summed E-state index contributed by atoms with van der Waals surface area (Å²) < 4.78 is 15.2. The molecule has 1 aromatic rings. The molecule has 0 saturated carbocycles. The third kappa shape index (κ3) is 5.59. The molecule has 106 valence electrons. The maximum absolute atomic E-state index is 12.2. The van der Waals surface area contributed by atoms with Crippen LogP contribution in [0.3, 0.4) is 0 Å². The van der Waals surface area contributed by atoms with Crippen molar-refractivity contribution in [2.24, 2.45) is 0 Å². The second-order valence-corrected chi connectivity index (χ2v) is 8.53. The molecule has 0 fully saturated rings. The fourth-order valence-electron chi connectivity index (χ4n) is 1.57. The number of halogens is 1. The van der Waals surface area contributed by atoms with Gasteiger partial charge in [-0.15, -0.1) is 6.58 Å². The number of rotatable bonds is 6. The van der Waals surface area contributed by atoms with E-state index in [1.165, 1.54) is 5.56 Å². The van der Waals surface area contributed by atoms with E-state index in [2.05, 4.69) is 39.4 Å². The minimum atomic E-state index is -1.09. The molecular formula is C15H22BrNOS. The second kappa shape index (κ2) is 7.36. The molecule has 0 radical (unpaired) electrons. The zero-order valence-corrected chi connectivity index (χ0v) is 14.1. The zero-order valence-electron chi connectivity index (χ0n) is 11.7. The van der Waals surface area contributed by atoms with Crippen LogP contribution in [0, 0.1) is 0 Å². The van der Waals surface area contributed by atoms with E-state index >= 15 is 0 Å². The largest absolute Gasteiger partial charge is 0.242 e. The van der Waals surface area contributed by atoms with Crippen LogP contribution in [0.4, 0.5) is 0 Å². The fourth-order valence-corrected chi connectivity index (χ4v) is 2.92. The zero-order chi connectivity index (χ0) is 14.5. The molecule has 1 N–H and O–H groups in total. The average Bonchev–Trinajstić information content (AvgIpc) is 2.37. The minimum Gasteiger partial charge on any atom is -0.242 e. The molecule has 1 aromatic carbocycles. The number of hydrogen-bond donors (Lipinski definition) is 1. The van der Waals surface area contributed by atoms with Crippen molar-refractivity contribution in [3.63, 3.8) is 0 Å². The number of nitrogens with one attached hydrogen (secondary N) is 1. The first-order valence-corrected chi connectivity index (χ1v) is 8.39. The molecule has 0 amide bonds. The van der Waals surface area contributed by atoms with Gasteiger partial charge in [0.1, 0.15) is 0 Å². The highest BCUT2D eigenvalue weighted by atomic mass is 79.9. The van der Waals surface area contributed by atoms with Gasteiger partial charge in [0, 0.05) is 10.9 Å². The highest BCUT2D eigenvalue weighted by molar-refractivity contribution is 9.09. The van der Waals surface area contributed by atoms with Crippen molar-refractivity contribution in [3.05, 3.63) is 48.6 Å². The van der Waals surface area contributed by atoms with Crippen LogP contribution in [0.5, 0.6) is 0 Å². The van der Waals surface area contributed by atoms with Crippen LogP contribution in [0.2, 0.25) is 0 Å².